The molecule has 106 valence electrons. The first-order valence-electron chi connectivity index (χ1n) is 6.66. The van der Waals surface area contributed by atoms with Crippen LogP contribution in [0.25, 0.3) is 0 Å². The van der Waals surface area contributed by atoms with Gasteiger partial charge >= 0.3 is 0 Å². The van der Waals surface area contributed by atoms with Crippen LogP contribution in [0.4, 0.5) is 0 Å². The van der Waals surface area contributed by atoms with E-state index in [4.69, 9.17) is 0 Å². The second-order valence-electron chi connectivity index (χ2n) is 4.89. The van der Waals surface area contributed by atoms with E-state index in [0.29, 0.717) is 12.3 Å². The van der Waals surface area contributed by atoms with Crippen LogP contribution < -0.4 is 5.32 Å². The topological polar surface area (TPSA) is 46.2 Å². The first-order valence-corrected chi connectivity index (χ1v) is 8.05. The van der Waals surface area contributed by atoms with Crippen molar-refractivity contribution in [3.63, 3.8) is 0 Å². The fraction of sp³-hybridized carbons (Fsp3) is 0.533. The van der Waals surface area contributed by atoms with Gasteiger partial charge < -0.3 is 5.32 Å². The predicted octanol–water partition coefficient (Wildman–Crippen LogP) is 2.47. The maximum Gasteiger partial charge on any atom is 0.235 e. The lowest BCUT2D eigenvalue weighted by Gasteiger charge is -2.13. The summed E-state index contributed by atoms with van der Waals surface area (Å²) in [7, 11) is -1.18. The molecule has 0 bridgehead atoms. The Hall–Kier alpha value is -1.16. The molecular weight excluding hydrogens is 258 g/mol. The number of amides is 1. The molecule has 0 unspecified atom stereocenters. The number of rotatable bonds is 6. The molecule has 1 rings (SSSR count). The van der Waals surface area contributed by atoms with Gasteiger partial charge in [-0.2, -0.15) is 0 Å². The maximum absolute atomic E-state index is 12.2. The van der Waals surface area contributed by atoms with Crippen LogP contribution in [0.1, 0.15) is 37.0 Å². The summed E-state index contributed by atoms with van der Waals surface area (Å²) in [6, 6.07) is 6.12. The van der Waals surface area contributed by atoms with Gasteiger partial charge in [0.15, 0.2) is 0 Å². The fourth-order valence-corrected chi connectivity index (χ4v) is 2.93. The quantitative estimate of drug-likeness (QED) is 0.870. The van der Waals surface area contributed by atoms with Gasteiger partial charge in [-0.15, -0.1) is 0 Å². The SMILES string of the molecule is CCCNC(=O)[C@H](C)[S@](=O)Cc1cc(C)ccc1C. The van der Waals surface area contributed by atoms with E-state index in [1.807, 2.05) is 39.0 Å². The van der Waals surface area contributed by atoms with Crippen LogP contribution in [0.5, 0.6) is 0 Å². The van der Waals surface area contributed by atoms with Gasteiger partial charge in [0.1, 0.15) is 5.25 Å². The average Bonchev–Trinajstić information content (AvgIpc) is 2.39. The Labute approximate surface area is 118 Å². The second-order valence-corrected chi connectivity index (χ2v) is 6.65. The van der Waals surface area contributed by atoms with Gasteiger partial charge in [-0.3, -0.25) is 9.00 Å². The molecule has 0 fully saturated rings. The lowest BCUT2D eigenvalue weighted by molar-refractivity contribution is -0.120. The minimum Gasteiger partial charge on any atom is -0.355 e. The molecule has 2 atom stereocenters. The smallest absolute Gasteiger partial charge is 0.235 e. The molecule has 1 N–H and O–H groups in total. The van der Waals surface area contributed by atoms with Crippen molar-refractivity contribution < 1.29 is 9.00 Å². The van der Waals surface area contributed by atoms with Gasteiger partial charge in [-0.05, 0) is 38.3 Å². The van der Waals surface area contributed by atoms with E-state index in [1.165, 1.54) is 0 Å². The molecule has 1 amide bonds. The molecule has 19 heavy (non-hydrogen) atoms. The summed E-state index contributed by atoms with van der Waals surface area (Å²) >= 11 is 0. The monoisotopic (exact) mass is 281 g/mol. The van der Waals surface area contributed by atoms with Crippen molar-refractivity contribution in [1.29, 1.82) is 0 Å². The van der Waals surface area contributed by atoms with Gasteiger partial charge in [0, 0.05) is 23.1 Å². The molecule has 3 nitrogen and oxygen atoms in total. The summed E-state index contributed by atoms with van der Waals surface area (Å²) in [6.45, 7) is 8.39. The number of aryl methyl sites for hydroxylation is 2. The highest BCUT2D eigenvalue weighted by Crippen LogP contribution is 2.14. The second kappa shape index (κ2) is 7.43. The lowest BCUT2D eigenvalue weighted by Crippen LogP contribution is -2.36. The van der Waals surface area contributed by atoms with Crippen LogP contribution in [0.3, 0.4) is 0 Å². The van der Waals surface area contributed by atoms with Gasteiger partial charge in [-0.1, -0.05) is 30.7 Å². The number of benzene rings is 1. The molecule has 4 heteroatoms. The van der Waals surface area contributed by atoms with Crippen LogP contribution in [-0.2, 0) is 21.3 Å². The summed E-state index contributed by atoms with van der Waals surface area (Å²) in [6.07, 6.45) is 0.891. The summed E-state index contributed by atoms with van der Waals surface area (Å²) in [5.74, 6) is 0.319. The van der Waals surface area contributed by atoms with E-state index in [0.717, 1.165) is 23.1 Å². The zero-order chi connectivity index (χ0) is 14.4. The molecule has 0 aliphatic rings. The van der Waals surface area contributed by atoms with Gasteiger partial charge in [-0.25, -0.2) is 0 Å². The van der Waals surface area contributed by atoms with Crippen molar-refractivity contribution >= 4 is 16.7 Å². The van der Waals surface area contributed by atoms with Crippen molar-refractivity contribution in [3.8, 4) is 0 Å². The zero-order valence-electron chi connectivity index (χ0n) is 12.2. The first kappa shape index (κ1) is 15.9. The third-order valence-electron chi connectivity index (χ3n) is 3.12. The van der Waals surface area contributed by atoms with E-state index in [9.17, 15) is 9.00 Å². The largest absolute Gasteiger partial charge is 0.355 e. The summed E-state index contributed by atoms with van der Waals surface area (Å²) in [5.41, 5.74) is 3.34. The zero-order valence-corrected chi connectivity index (χ0v) is 13.0. The Balaban J connectivity index is 2.68. The van der Waals surface area contributed by atoms with Crippen LogP contribution >= 0.6 is 0 Å². The molecule has 1 aromatic rings. The highest BCUT2D eigenvalue weighted by Gasteiger charge is 2.20. The fourth-order valence-electron chi connectivity index (χ4n) is 1.75. The summed E-state index contributed by atoms with van der Waals surface area (Å²) < 4.78 is 12.2. The minimum absolute atomic E-state index is 0.120. The molecule has 0 aliphatic carbocycles. The highest BCUT2D eigenvalue weighted by atomic mass is 32.2. The van der Waals surface area contributed by atoms with Crippen molar-refractivity contribution in [2.75, 3.05) is 6.54 Å². The van der Waals surface area contributed by atoms with Gasteiger partial charge in [0.25, 0.3) is 0 Å². The van der Waals surface area contributed by atoms with Gasteiger partial charge in [0.05, 0.1) is 0 Å². The van der Waals surface area contributed by atoms with Crippen LogP contribution in [0.2, 0.25) is 0 Å². The maximum atomic E-state index is 12.2. The molecule has 0 aliphatic heterocycles. The average molecular weight is 281 g/mol. The van der Waals surface area contributed by atoms with E-state index >= 15 is 0 Å². The number of hydrogen-bond acceptors (Lipinski definition) is 2. The Morgan fingerprint density at radius 2 is 2.05 bits per heavy atom. The summed E-state index contributed by atoms with van der Waals surface area (Å²) in [4.78, 5) is 11.8. The first-order chi connectivity index (χ1) is 8.95. The summed E-state index contributed by atoms with van der Waals surface area (Å²) in [5, 5.41) is 2.33. The number of carbonyl (C=O) groups is 1. The van der Waals surface area contributed by atoms with E-state index in [-0.39, 0.29) is 5.91 Å². The predicted molar refractivity (Wildman–Crippen MR) is 80.5 cm³/mol. The van der Waals surface area contributed by atoms with Crippen LogP contribution in [0.15, 0.2) is 18.2 Å². The number of hydrogen-bond donors (Lipinski definition) is 1. The molecule has 0 saturated carbocycles. The molecule has 1 aromatic carbocycles. The lowest BCUT2D eigenvalue weighted by atomic mass is 10.1. The molecule has 0 heterocycles. The molecule has 0 spiro atoms. The van der Waals surface area contributed by atoms with E-state index in [2.05, 4.69) is 5.32 Å². The Kier molecular flexibility index (Phi) is 6.22. The van der Waals surface area contributed by atoms with Gasteiger partial charge in [0.2, 0.25) is 5.91 Å². The number of nitrogens with one attached hydrogen (secondary N) is 1. The van der Waals surface area contributed by atoms with Crippen molar-refractivity contribution in [3.05, 3.63) is 34.9 Å². The normalized spacial score (nSPS) is 13.9. The van der Waals surface area contributed by atoms with Crippen LogP contribution in [0, 0.1) is 13.8 Å². The minimum atomic E-state index is -1.18. The Morgan fingerprint density at radius 3 is 2.68 bits per heavy atom. The van der Waals surface area contributed by atoms with Crippen molar-refractivity contribution in [1.82, 2.24) is 5.32 Å². The standard InChI is InChI=1S/C15H23NO2S/c1-5-8-16-15(17)13(4)19(18)10-14-9-11(2)6-7-12(14)3/h6-7,9,13H,5,8,10H2,1-4H3,(H,16,17)/t13-,19+/m0/s1. The Bertz CT molecular complexity index is 471. The van der Waals surface area contributed by atoms with Crippen molar-refractivity contribution in [2.24, 2.45) is 0 Å². The molecule has 0 aromatic heterocycles. The van der Waals surface area contributed by atoms with Crippen LogP contribution in [-0.4, -0.2) is 21.9 Å². The highest BCUT2D eigenvalue weighted by molar-refractivity contribution is 7.85. The Morgan fingerprint density at radius 1 is 1.37 bits per heavy atom. The van der Waals surface area contributed by atoms with E-state index in [1.54, 1.807) is 6.92 Å². The van der Waals surface area contributed by atoms with E-state index < -0.39 is 16.0 Å². The molecule has 0 radical (unpaired) electrons. The van der Waals surface area contributed by atoms with Crippen molar-refractivity contribution in [2.45, 2.75) is 45.1 Å². The molecular formula is C15H23NO2S. The third-order valence-corrected chi connectivity index (χ3v) is 4.71. The number of carbonyl (C=O) groups excluding carboxylic acids is 1. The molecule has 0 saturated heterocycles. The third kappa shape index (κ3) is 4.78.